The van der Waals surface area contributed by atoms with Crippen molar-refractivity contribution in [2.75, 3.05) is 17.2 Å². The predicted octanol–water partition coefficient (Wildman–Crippen LogP) is 2.75. The van der Waals surface area contributed by atoms with Crippen molar-refractivity contribution in [3.63, 3.8) is 0 Å². The third-order valence-corrected chi connectivity index (χ3v) is 3.09. The number of anilines is 2. The molecule has 2 N–H and O–H groups in total. The van der Waals surface area contributed by atoms with E-state index in [0.29, 0.717) is 23.2 Å². The fourth-order valence-corrected chi connectivity index (χ4v) is 1.82. The highest BCUT2D eigenvalue weighted by Crippen LogP contribution is 2.15. The zero-order chi connectivity index (χ0) is 15.9. The summed E-state index contributed by atoms with van der Waals surface area (Å²) in [6, 6.07) is 8.77. The standard InChI is InChI=1S/C15H14ClN5O/c1-10-2-4-14(19-9-10)21-15(22)6-7-18-13-5-3-11(16)12(8-17)20-13/h2-5,9H,6-7H2,1H3,(H,18,20)(H,19,21,22). The van der Waals surface area contributed by atoms with Gasteiger partial charge in [-0.2, -0.15) is 5.26 Å². The zero-order valence-corrected chi connectivity index (χ0v) is 12.7. The Kier molecular flexibility index (Phi) is 5.28. The van der Waals surface area contributed by atoms with E-state index in [0.717, 1.165) is 5.56 Å². The number of nitriles is 1. The highest BCUT2D eigenvalue weighted by Gasteiger charge is 2.05. The summed E-state index contributed by atoms with van der Waals surface area (Å²) in [6.45, 7) is 2.31. The van der Waals surface area contributed by atoms with Gasteiger partial charge in [-0.1, -0.05) is 17.7 Å². The molecule has 22 heavy (non-hydrogen) atoms. The van der Waals surface area contributed by atoms with Crippen LogP contribution in [0, 0.1) is 18.3 Å². The van der Waals surface area contributed by atoms with Crippen LogP contribution in [-0.4, -0.2) is 22.4 Å². The van der Waals surface area contributed by atoms with Crippen LogP contribution in [0.1, 0.15) is 17.7 Å². The lowest BCUT2D eigenvalue weighted by Crippen LogP contribution is -2.17. The third-order valence-electron chi connectivity index (χ3n) is 2.79. The first kappa shape index (κ1) is 15.7. The molecular weight excluding hydrogens is 302 g/mol. The second kappa shape index (κ2) is 7.38. The van der Waals surface area contributed by atoms with Crippen LogP contribution < -0.4 is 10.6 Å². The molecule has 2 aromatic heterocycles. The van der Waals surface area contributed by atoms with E-state index >= 15 is 0 Å². The Morgan fingerprint density at radius 3 is 2.77 bits per heavy atom. The van der Waals surface area contributed by atoms with Gasteiger partial charge >= 0.3 is 0 Å². The molecule has 0 aromatic carbocycles. The topological polar surface area (TPSA) is 90.7 Å². The van der Waals surface area contributed by atoms with Gasteiger partial charge < -0.3 is 10.6 Å². The molecule has 112 valence electrons. The van der Waals surface area contributed by atoms with Crippen molar-refractivity contribution in [1.29, 1.82) is 5.26 Å². The van der Waals surface area contributed by atoms with Crippen molar-refractivity contribution < 1.29 is 4.79 Å². The SMILES string of the molecule is Cc1ccc(NC(=O)CCNc2ccc(Cl)c(C#N)n2)nc1. The summed E-state index contributed by atoms with van der Waals surface area (Å²) in [4.78, 5) is 19.9. The number of aromatic nitrogens is 2. The van der Waals surface area contributed by atoms with E-state index in [1.54, 1.807) is 24.4 Å². The summed E-state index contributed by atoms with van der Waals surface area (Å²) < 4.78 is 0. The molecule has 7 heteroatoms. The van der Waals surface area contributed by atoms with Crippen molar-refractivity contribution in [2.45, 2.75) is 13.3 Å². The molecule has 2 rings (SSSR count). The molecule has 2 heterocycles. The van der Waals surface area contributed by atoms with Crippen molar-refractivity contribution in [3.8, 4) is 6.07 Å². The average molecular weight is 316 g/mol. The Balaban J connectivity index is 1.82. The molecule has 0 saturated carbocycles. The summed E-state index contributed by atoms with van der Waals surface area (Å²) in [5.74, 6) is 0.868. The number of nitrogens with one attached hydrogen (secondary N) is 2. The Morgan fingerprint density at radius 2 is 2.09 bits per heavy atom. The van der Waals surface area contributed by atoms with E-state index in [2.05, 4.69) is 20.6 Å². The third kappa shape index (κ3) is 4.43. The molecular formula is C15H14ClN5O. The monoisotopic (exact) mass is 315 g/mol. The number of pyridine rings is 2. The fraction of sp³-hybridized carbons (Fsp3) is 0.200. The van der Waals surface area contributed by atoms with Gasteiger partial charge in [0.25, 0.3) is 0 Å². The minimum atomic E-state index is -0.154. The summed E-state index contributed by atoms with van der Waals surface area (Å²) >= 11 is 5.80. The quantitative estimate of drug-likeness (QED) is 0.885. The molecule has 0 unspecified atom stereocenters. The maximum absolute atomic E-state index is 11.8. The van der Waals surface area contributed by atoms with Gasteiger partial charge in [0, 0.05) is 19.2 Å². The van der Waals surface area contributed by atoms with E-state index in [9.17, 15) is 4.79 Å². The van der Waals surface area contributed by atoms with Gasteiger partial charge in [0.15, 0.2) is 5.69 Å². The summed E-state index contributed by atoms with van der Waals surface area (Å²) in [7, 11) is 0. The van der Waals surface area contributed by atoms with Crippen molar-refractivity contribution >= 4 is 29.1 Å². The summed E-state index contributed by atoms with van der Waals surface area (Å²) in [6.07, 6.45) is 1.94. The van der Waals surface area contributed by atoms with Gasteiger partial charge in [-0.15, -0.1) is 0 Å². The molecule has 6 nitrogen and oxygen atoms in total. The Bertz CT molecular complexity index is 709. The zero-order valence-electron chi connectivity index (χ0n) is 11.9. The van der Waals surface area contributed by atoms with Gasteiger partial charge in [0.2, 0.25) is 5.91 Å². The van der Waals surface area contributed by atoms with E-state index in [1.807, 2.05) is 19.1 Å². The highest BCUT2D eigenvalue weighted by molar-refractivity contribution is 6.31. The molecule has 0 bridgehead atoms. The molecule has 0 atom stereocenters. The number of halogens is 1. The molecule has 0 saturated heterocycles. The maximum Gasteiger partial charge on any atom is 0.227 e. The molecule has 0 aliphatic heterocycles. The average Bonchev–Trinajstić information content (AvgIpc) is 2.51. The lowest BCUT2D eigenvalue weighted by molar-refractivity contribution is -0.116. The second-order valence-electron chi connectivity index (χ2n) is 4.58. The molecule has 0 aliphatic rings. The van der Waals surface area contributed by atoms with Gasteiger partial charge in [-0.25, -0.2) is 9.97 Å². The molecule has 2 aromatic rings. The van der Waals surface area contributed by atoms with E-state index < -0.39 is 0 Å². The second-order valence-corrected chi connectivity index (χ2v) is 4.99. The van der Waals surface area contributed by atoms with Gasteiger partial charge in [-0.05, 0) is 30.7 Å². The fourth-order valence-electron chi connectivity index (χ4n) is 1.67. The highest BCUT2D eigenvalue weighted by atomic mass is 35.5. The number of amides is 1. The van der Waals surface area contributed by atoms with E-state index in [-0.39, 0.29) is 18.0 Å². The molecule has 0 radical (unpaired) electrons. The summed E-state index contributed by atoms with van der Waals surface area (Å²) in [5.41, 5.74) is 1.18. The first-order valence-corrected chi connectivity index (χ1v) is 6.99. The Hall–Kier alpha value is -2.65. The van der Waals surface area contributed by atoms with Crippen LogP contribution in [0.15, 0.2) is 30.5 Å². The lowest BCUT2D eigenvalue weighted by atomic mass is 10.3. The normalized spacial score (nSPS) is 9.86. The van der Waals surface area contributed by atoms with Crippen LogP contribution in [0.2, 0.25) is 5.02 Å². The number of hydrogen-bond acceptors (Lipinski definition) is 5. The lowest BCUT2D eigenvalue weighted by Gasteiger charge is -2.07. The maximum atomic E-state index is 11.8. The number of carbonyl (C=O) groups excluding carboxylic acids is 1. The van der Waals surface area contributed by atoms with E-state index in [4.69, 9.17) is 16.9 Å². The molecule has 0 aliphatic carbocycles. The van der Waals surface area contributed by atoms with Crippen LogP contribution in [0.25, 0.3) is 0 Å². The van der Waals surface area contributed by atoms with Crippen LogP contribution in [-0.2, 0) is 4.79 Å². The molecule has 1 amide bonds. The molecule has 0 fully saturated rings. The predicted molar refractivity (Wildman–Crippen MR) is 84.7 cm³/mol. The van der Waals surface area contributed by atoms with E-state index in [1.165, 1.54) is 0 Å². The van der Waals surface area contributed by atoms with Crippen molar-refractivity contribution in [1.82, 2.24) is 9.97 Å². The van der Waals surface area contributed by atoms with Crippen molar-refractivity contribution in [3.05, 3.63) is 46.7 Å². The first-order valence-electron chi connectivity index (χ1n) is 6.61. The van der Waals surface area contributed by atoms with Gasteiger partial charge in [0.1, 0.15) is 17.7 Å². The Morgan fingerprint density at radius 1 is 1.32 bits per heavy atom. The number of hydrogen-bond donors (Lipinski definition) is 2. The van der Waals surface area contributed by atoms with Crippen LogP contribution >= 0.6 is 11.6 Å². The summed E-state index contributed by atoms with van der Waals surface area (Å²) in [5, 5.41) is 14.8. The Labute approximate surface area is 133 Å². The number of nitrogens with zero attached hydrogens (tertiary/aromatic N) is 3. The van der Waals surface area contributed by atoms with Crippen LogP contribution in [0.4, 0.5) is 11.6 Å². The van der Waals surface area contributed by atoms with Gasteiger partial charge in [0.05, 0.1) is 5.02 Å². The minimum Gasteiger partial charge on any atom is -0.370 e. The largest absolute Gasteiger partial charge is 0.370 e. The van der Waals surface area contributed by atoms with Crippen LogP contribution in [0.3, 0.4) is 0 Å². The number of carbonyl (C=O) groups is 1. The number of rotatable bonds is 5. The first-order chi connectivity index (χ1) is 10.6. The van der Waals surface area contributed by atoms with Crippen LogP contribution in [0.5, 0.6) is 0 Å². The number of aryl methyl sites for hydroxylation is 1. The van der Waals surface area contributed by atoms with Crippen molar-refractivity contribution in [2.24, 2.45) is 0 Å². The molecule has 0 spiro atoms. The smallest absolute Gasteiger partial charge is 0.227 e. The minimum absolute atomic E-state index is 0.153. The van der Waals surface area contributed by atoms with Gasteiger partial charge in [-0.3, -0.25) is 4.79 Å².